The number of hydrogen-bond acceptors (Lipinski definition) is 4. The number of aliphatic hydroxyl groups excluding tert-OH is 1. The Balaban J connectivity index is 1.77. The van der Waals surface area contributed by atoms with E-state index in [2.05, 4.69) is 29.3 Å². The predicted octanol–water partition coefficient (Wildman–Crippen LogP) is 3.18. The second-order valence-corrected chi connectivity index (χ2v) is 5.89. The predicted molar refractivity (Wildman–Crippen MR) is 83.3 cm³/mol. The van der Waals surface area contributed by atoms with Gasteiger partial charge in [0.05, 0.1) is 0 Å². The molecule has 3 nitrogen and oxygen atoms in total. The Labute approximate surface area is 124 Å². The summed E-state index contributed by atoms with van der Waals surface area (Å²) >= 11 is 1.74. The lowest BCUT2D eigenvalue weighted by Gasteiger charge is -2.26. The van der Waals surface area contributed by atoms with Gasteiger partial charge in [-0.2, -0.15) is 0 Å². The van der Waals surface area contributed by atoms with Gasteiger partial charge in [-0.15, -0.1) is 11.3 Å². The van der Waals surface area contributed by atoms with Crippen LogP contribution in [0, 0.1) is 0 Å². The smallest absolute Gasteiger partial charge is 0.119 e. The van der Waals surface area contributed by atoms with Crippen LogP contribution >= 0.6 is 11.3 Å². The highest BCUT2D eigenvalue weighted by Gasteiger charge is 2.16. The second kappa shape index (κ2) is 7.43. The molecule has 0 spiro atoms. The van der Waals surface area contributed by atoms with E-state index in [0.29, 0.717) is 19.2 Å². The molecule has 2 rings (SSSR count). The van der Waals surface area contributed by atoms with Crippen LogP contribution in [0.1, 0.15) is 17.8 Å². The van der Waals surface area contributed by atoms with Crippen LogP contribution in [0.4, 0.5) is 0 Å². The zero-order chi connectivity index (χ0) is 14.4. The van der Waals surface area contributed by atoms with E-state index in [4.69, 9.17) is 4.74 Å². The first-order valence-corrected chi connectivity index (χ1v) is 7.64. The quantitative estimate of drug-likeness (QED) is 0.850. The number of likely N-dealkylation sites (N-methyl/N-ethyl adjacent to an activating group) is 1. The van der Waals surface area contributed by atoms with Crippen LogP contribution in [-0.2, 0) is 0 Å². The van der Waals surface area contributed by atoms with Gasteiger partial charge in [0.15, 0.2) is 0 Å². The Kier molecular flexibility index (Phi) is 5.59. The summed E-state index contributed by atoms with van der Waals surface area (Å²) < 4.78 is 5.57. The Morgan fingerprint density at radius 1 is 1.20 bits per heavy atom. The molecule has 108 valence electrons. The molecule has 0 aliphatic rings. The lowest BCUT2D eigenvalue weighted by atomic mass is 10.2. The maximum Gasteiger partial charge on any atom is 0.119 e. The molecular formula is C16H21NO2S. The fourth-order valence-corrected chi connectivity index (χ4v) is 2.85. The zero-order valence-corrected chi connectivity index (χ0v) is 12.7. The van der Waals surface area contributed by atoms with Crippen LogP contribution in [0.25, 0.3) is 0 Å². The molecule has 0 aliphatic heterocycles. The summed E-state index contributed by atoms with van der Waals surface area (Å²) in [5.41, 5.74) is 0. The molecular weight excluding hydrogens is 270 g/mol. The van der Waals surface area contributed by atoms with Crippen LogP contribution in [0.2, 0.25) is 0 Å². The van der Waals surface area contributed by atoms with E-state index in [-0.39, 0.29) is 0 Å². The van der Waals surface area contributed by atoms with E-state index >= 15 is 0 Å². The van der Waals surface area contributed by atoms with E-state index in [1.165, 1.54) is 4.88 Å². The van der Waals surface area contributed by atoms with Crippen molar-refractivity contribution in [2.75, 3.05) is 20.2 Å². The third-order valence-corrected chi connectivity index (χ3v) is 4.34. The van der Waals surface area contributed by atoms with Crippen molar-refractivity contribution in [1.29, 1.82) is 0 Å². The van der Waals surface area contributed by atoms with E-state index in [0.717, 1.165) is 5.75 Å². The highest BCUT2D eigenvalue weighted by molar-refractivity contribution is 7.10. The van der Waals surface area contributed by atoms with E-state index in [1.54, 1.807) is 11.3 Å². The summed E-state index contributed by atoms with van der Waals surface area (Å²) in [6.07, 6.45) is -0.498. The number of nitrogens with zero attached hydrogens (tertiary/aromatic N) is 1. The maximum atomic E-state index is 10.1. The standard InChI is InChI=1S/C16H21NO2S/c1-13(16-9-6-10-20-16)17(2)11-14(18)12-19-15-7-4-3-5-8-15/h3-10,13-14,18H,11-12H2,1-2H3. The summed E-state index contributed by atoms with van der Waals surface area (Å²) in [6.45, 7) is 3.05. The van der Waals surface area contributed by atoms with Crippen LogP contribution in [-0.4, -0.2) is 36.3 Å². The van der Waals surface area contributed by atoms with Gasteiger partial charge in [0, 0.05) is 17.5 Å². The average molecular weight is 291 g/mol. The largest absolute Gasteiger partial charge is 0.491 e. The van der Waals surface area contributed by atoms with Gasteiger partial charge < -0.3 is 9.84 Å². The van der Waals surface area contributed by atoms with Crippen molar-refractivity contribution in [3.8, 4) is 5.75 Å². The number of ether oxygens (including phenoxy) is 1. The van der Waals surface area contributed by atoms with Gasteiger partial charge in [-0.05, 0) is 37.6 Å². The molecule has 0 radical (unpaired) electrons. The van der Waals surface area contributed by atoms with Crippen molar-refractivity contribution in [2.45, 2.75) is 19.1 Å². The van der Waals surface area contributed by atoms with Crippen LogP contribution in [0.5, 0.6) is 5.75 Å². The number of hydrogen-bond donors (Lipinski definition) is 1. The lowest BCUT2D eigenvalue weighted by molar-refractivity contribution is 0.0658. The molecule has 0 aliphatic carbocycles. The fraction of sp³-hybridized carbons (Fsp3) is 0.375. The molecule has 0 saturated carbocycles. The van der Waals surface area contributed by atoms with E-state index in [9.17, 15) is 5.11 Å². The SMILES string of the molecule is CC(c1cccs1)N(C)CC(O)COc1ccccc1. The van der Waals surface area contributed by atoms with Crippen molar-refractivity contribution >= 4 is 11.3 Å². The molecule has 0 amide bonds. The van der Waals surface area contributed by atoms with Crippen LogP contribution < -0.4 is 4.74 Å². The summed E-state index contributed by atoms with van der Waals surface area (Å²) in [5, 5.41) is 12.1. The second-order valence-electron chi connectivity index (χ2n) is 4.91. The summed E-state index contributed by atoms with van der Waals surface area (Å²) in [4.78, 5) is 3.45. The number of thiophene rings is 1. The minimum absolute atomic E-state index is 0.307. The van der Waals surface area contributed by atoms with Gasteiger partial charge in [-0.3, -0.25) is 4.90 Å². The average Bonchev–Trinajstić information content (AvgIpc) is 2.99. The van der Waals surface area contributed by atoms with Crippen molar-refractivity contribution in [3.63, 3.8) is 0 Å². The topological polar surface area (TPSA) is 32.7 Å². The molecule has 0 saturated heterocycles. The van der Waals surface area contributed by atoms with E-state index in [1.807, 2.05) is 37.4 Å². The normalized spacial score (nSPS) is 14.2. The molecule has 2 unspecified atom stereocenters. The van der Waals surface area contributed by atoms with Gasteiger partial charge in [0.25, 0.3) is 0 Å². The van der Waals surface area contributed by atoms with Crippen molar-refractivity contribution < 1.29 is 9.84 Å². The summed E-state index contributed by atoms with van der Waals surface area (Å²) in [6, 6.07) is 14.1. The van der Waals surface area contributed by atoms with E-state index < -0.39 is 6.10 Å². The molecule has 1 N–H and O–H groups in total. The molecule has 1 heterocycles. The van der Waals surface area contributed by atoms with Crippen LogP contribution in [0.15, 0.2) is 47.8 Å². The molecule has 4 heteroatoms. The maximum absolute atomic E-state index is 10.1. The minimum atomic E-state index is -0.498. The third-order valence-electron chi connectivity index (χ3n) is 3.30. The Morgan fingerprint density at radius 2 is 1.95 bits per heavy atom. The first-order chi connectivity index (χ1) is 9.66. The molecule has 2 atom stereocenters. The number of aliphatic hydroxyl groups is 1. The molecule has 1 aromatic heterocycles. The van der Waals surface area contributed by atoms with Gasteiger partial charge >= 0.3 is 0 Å². The van der Waals surface area contributed by atoms with Gasteiger partial charge in [0.1, 0.15) is 18.5 Å². The van der Waals surface area contributed by atoms with Gasteiger partial charge in [-0.1, -0.05) is 24.3 Å². The minimum Gasteiger partial charge on any atom is -0.491 e. The molecule has 1 aromatic carbocycles. The van der Waals surface area contributed by atoms with Crippen molar-refractivity contribution in [1.82, 2.24) is 4.90 Å². The molecule has 20 heavy (non-hydrogen) atoms. The van der Waals surface area contributed by atoms with Crippen LogP contribution in [0.3, 0.4) is 0 Å². The molecule has 0 bridgehead atoms. The molecule has 2 aromatic rings. The zero-order valence-electron chi connectivity index (χ0n) is 11.9. The summed E-state index contributed by atoms with van der Waals surface area (Å²) in [5.74, 6) is 0.792. The van der Waals surface area contributed by atoms with Crippen molar-refractivity contribution in [2.24, 2.45) is 0 Å². The third kappa shape index (κ3) is 4.34. The van der Waals surface area contributed by atoms with Gasteiger partial charge in [-0.25, -0.2) is 0 Å². The highest BCUT2D eigenvalue weighted by Crippen LogP contribution is 2.23. The first kappa shape index (κ1) is 15.0. The summed E-state index contributed by atoms with van der Waals surface area (Å²) in [7, 11) is 2.02. The lowest BCUT2D eigenvalue weighted by Crippen LogP contribution is -2.34. The number of rotatable bonds is 7. The number of para-hydroxylation sites is 1. The first-order valence-electron chi connectivity index (χ1n) is 6.76. The Hall–Kier alpha value is -1.36. The number of benzene rings is 1. The molecule has 0 fully saturated rings. The van der Waals surface area contributed by atoms with Gasteiger partial charge in [0.2, 0.25) is 0 Å². The highest BCUT2D eigenvalue weighted by atomic mass is 32.1. The fourth-order valence-electron chi connectivity index (χ4n) is 2.00. The van der Waals surface area contributed by atoms with Crippen molar-refractivity contribution in [3.05, 3.63) is 52.7 Å². The monoisotopic (exact) mass is 291 g/mol. The Bertz CT molecular complexity index is 486. The Morgan fingerprint density at radius 3 is 2.60 bits per heavy atom.